The number of carbonyl (C=O) groups is 2. The lowest BCUT2D eigenvalue weighted by atomic mass is 10.0. The number of rotatable bonds is 43. The monoisotopic (exact) mass is 819 g/mol. The van der Waals surface area contributed by atoms with Crippen LogP contribution in [0.25, 0.3) is 0 Å². The van der Waals surface area contributed by atoms with Crippen LogP contribution in [0.15, 0.2) is 97.2 Å². The molecular weight excluding hydrogens is 729 g/mol. The zero-order valence-corrected chi connectivity index (χ0v) is 38.2. The molecule has 0 rings (SSSR count). The van der Waals surface area contributed by atoms with E-state index in [9.17, 15) is 14.7 Å². The summed E-state index contributed by atoms with van der Waals surface area (Å²) >= 11 is 0. The summed E-state index contributed by atoms with van der Waals surface area (Å²) in [5, 5.41) is 9.60. The third-order valence-electron chi connectivity index (χ3n) is 10.1. The minimum absolute atomic E-state index is 0.0794. The van der Waals surface area contributed by atoms with E-state index in [2.05, 4.69) is 111 Å². The highest BCUT2D eigenvalue weighted by molar-refractivity contribution is 5.70. The van der Waals surface area contributed by atoms with Crippen LogP contribution in [-0.2, 0) is 19.1 Å². The Kier molecular flexibility index (Phi) is 46.5. The summed E-state index contributed by atoms with van der Waals surface area (Å²) in [4.78, 5) is 24.4. The van der Waals surface area contributed by atoms with Crippen LogP contribution >= 0.6 is 0 Å². The van der Waals surface area contributed by atoms with Gasteiger partial charge in [0.15, 0.2) is 6.10 Å². The lowest BCUT2D eigenvalue weighted by molar-refractivity contribution is -0.161. The third-order valence-corrected chi connectivity index (χ3v) is 10.1. The summed E-state index contributed by atoms with van der Waals surface area (Å²) in [5.74, 6) is -0.621. The molecule has 0 aliphatic carbocycles. The van der Waals surface area contributed by atoms with Gasteiger partial charge in [-0.1, -0.05) is 220 Å². The summed E-state index contributed by atoms with van der Waals surface area (Å²) < 4.78 is 10.6. The zero-order valence-electron chi connectivity index (χ0n) is 38.2. The molecule has 1 unspecified atom stereocenters. The lowest BCUT2D eigenvalue weighted by Gasteiger charge is -2.15. The van der Waals surface area contributed by atoms with Crippen molar-refractivity contribution in [1.82, 2.24) is 0 Å². The second kappa shape index (κ2) is 49.2. The first-order chi connectivity index (χ1) is 29.1. The van der Waals surface area contributed by atoms with Gasteiger partial charge in [-0.25, -0.2) is 0 Å². The largest absolute Gasteiger partial charge is 0.462 e. The van der Waals surface area contributed by atoms with Gasteiger partial charge >= 0.3 is 11.9 Å². The van der Waals surface area contributed by atoms with Crippen LogP contribution in [0.4, 0.5) is 0 Å². The Bertz CT molecular complexity index is 1150. The van der Waals surface area contributed by atoms with Crippen LogP contribution < -0.4 is 0 Å². The molecule has 0 aliphatic rings. The molecular formula is C54H90O5. The summed E-state index contributed by atoms with van der Waals surface area (Å²) in [6, 6.07) is 0. The van der Waals surface area contributed by atoms with Crippen LogP contribution in [0.5, 0.6) is 0 Å². The molecule has 5 heteroatoms. The molecule has 59 heavy (non-hydrogen) atoms. The van der Waals surface area contributed by atoms with Crippen molar-refractivity contribution >= 4 is 11.9 Å². The van der Waals surface area contributed by atoms with Gasteiger partial charge in [-0.3, -0.25) is 9.59 Å². The normalized spacial score (nSPS) is 13.1. The van der Waals surface area contributed by atoms with Gasteiger partial charge < -0.3 is 14.6 Å². The second-order valence-electron chi connectivity index (χ2n) is 15.8. The molecule has 0 saturated heterocycles. The molecule has 0 aromatic rings. The van der Waals surface area contributed by atoms with Crippen molar-refractivity contribution in [1.29, 1.82) is 0 Å². The Morgan fingerprint density at radius 3 is 1.10 bits per heavy atom. The highest BCUT2D eigenvalue weighted by Gasteiger charge is 2.16. The molecule has 0 bridgehead atoms. The van der Waals surface area contributed by atoms with E-state index in [0.717, 1.165) is 103 Å². The van der Waals surface area contributed by atoms with Gasteiger partial charge in [0.25, 0.3) is 0 Å². The molecule has 5 nitrogen and oxygen atoms in total. The number of hydrogen-bond acceptors (Lipinski definition) is 5. The third kappa shape index (κ3) is 47.4. The van der Waals surface area contributed by atoms with Crippen LogP contribution in [0.1, 0.15) is 213 Å². The predicted octanol–water partition coefficient (Wildman–Crippen LogP) is 16.0. The van der Waals surface area contributed by atoms with Crippen LogP contribution in [0, 0.1) is 0 Å². The van der Waals surface area contributed by atoms with Crippen molar-refractivity contribution in [2.24, 2.45) is 0 Å². The molecule has 1 N–H and O–H groups in total. The molecule has 0 radical (unpaired) electrons. The van der Waals surface area contributed by atoms with Gasteiger partial charge in [0.2, 0.25) is 0 Å². The van der Waals surface area contributed by atoms with E-state index in [-0.39, 0.29) is 25.2 Å². The van der Waals surface area contributed by atoms with Crippen LogP contribution in [0.2, 0.25) is 0 Å². The van der Waals surface area contributed by atoms with E-state index in [0.29, 0.717) is 12.8 Å². The number of carbonyl (C=O) groups excluding carboxylic acids is 2. The number of esters is 2. The summed E-state index contributed by atoms with van der Waals surface area (Å²) in [7, 11) is 0. The SMILES string of the molecule is CC/C=C\C/C=C\C/C=C\C/C=C\C/C=C\C/C=C\C/C=C\C/C=C\CCCCCCC(=O)OC(CO)COC(=O)CCCCCCCCCCCCCCCCCC. The molecule has 0 aromatic heterocycles. The minimum Gasteiger partial charge on any atom is -0.462 e. The lowest BCUT2D eigenvalue weighted by Crippen LogP contribution is -2.28. The van der Waals surface area contributed by atoms with Crippen molar-refractivity contribution < 1.29 is 24.2 Å². The molecule has 1 atom stereocenters. The molecule has 0 saturated carbocycles. The maximum absolute atomic E-state index is 12.2. The van der Waals surface area contributed by atoms with Gasteiger partial charge in [0, 0.05) is 12.8 Å². The second-order valence-corrected chi connectivity index (χ2v) is 15.8. The zero-order chi connectivity index (χ0) is 42.8. The smallest absolute Gasteiger partial charge is 0.306 e. The fourth-order valence-corrected chi connectivity index (χ4v) is 6.51. The van der Waals surface area contributed by atoms with Crippen molar-refractivity contribution in [2.75, 3.05) is 13.2 Å². The number of unbranched alkanes of at least 4 members (excludes halogenated alkanes) is 19. The first-order valence-corrected chi connectivity index (χ1v) is 24.3. The number of aliphatic hydroxyl groups excluding tert-OH is 1. The molecule has 0 spiro atoms. The quantitative estimate of drug-likeness (QED) is 0.0377. The van der Waals surface area contributed by atoms with E-state index in [1.807, 2.05) is 0 Å². The van der Waals surface area contributed by atoms with Gasteiger partial charge in [-0.05, 0) is 77.0 Å². The first kappa shape index (κ1) is 55.8. The molecule has 0 amide bonds. The molecule has 0 aromatic carbocycles. The molecule has 336 valence electrons. The summed E-state index contributed by atoms with van der Waals surface area (Å²) in [6.45, 7) is 4.01. The van der Waals surface area contributed by atoms with Crippen molar-refractivity contribution in [3.05, 3.63) is 97.2 Å². The minimum atomic E-state index is -0.790. The van der Waals surface area contributed by atoms with Crippen molar-refractivity contribution in [3.63, 3.8) is 0 Å². The van der Waals surface area contributed by atoms with Gasteiger partial charge in [-0.15, -0.1) is 0 Å². The average molecular weight is 819 g/mol. The van der Waals surface area contributed by atoms with E-state index in [1.165, 1.54) is 83.5 Å². The highest BCUT2D eigenvalue weighted by atomic mass is 16.6. The predicted molar refractivity (Wildman–Crippen MR) is 256 cm³/mol. The first-order valence-electron chi connectivity index (χ1n) is 24.3. The molecule has 0 aliphatic heterocycles. The average Bonchev–Trinajstić information content (AvgIpc) is 3.24. The Morgan fingerprint density at radius 2 is 0.729 bits per heavy atom. The van der Waals surface area contributed by atoms with Gasteiger partial charge in [-0.2, -0.15) is 0 Å². The molecule has 0 heterocycles. The number of ether oxygens (including phenoxy) is 2. The van der Waals surface area contributed by atoms with E-state index in [4.69, 9.17) is 9.47 Å². The van der Waals surface area contributed by atoms with Crippen LogP contribution in [0.3, 0.4) is 0 Å². The molecule has 0 fully saturated rings. The number of aliphatic hydroxyl groups is 1. The fraction of sp³-hybridized carbons (Fsp3) is 0.667. The number of allylic oxidation sites excluding steroid dienone is 16. The van der Waals surface area contributed by atoms with Gasteiger partial charge in [0.1, 0.15) is 6.61 Å². The number of hydrogen-bond donors (Lipinski definition) is 1. The van der Waals surface area contributed by atoms with Crippen molar-refractivity contribution in [2.45, 2.75) is 219 Å². The fourth-order valence-electron chi connectivity index (χ4n) is 6.51. The Balaban J connectivity index is 3.64. The Morgan fingerprint density at radius 1 is 0.407 bits per heavy atom. The summed E-state index contributed by atoms with van der Waals surface area (Å²) in [6.07, 6.45) is 69.1. The Hall–Kier alpha value is -3.18. The van der Waals surface area contributed by atoms with Crippen molar-refractivity contribution in [3.8, 4) is 0 Å². The Labute approximate surface area is 364 Å². The van der Waals surface area contributed by atoms with E-state index >= 15 is 0 Å². The maximum atomic E-state index is 12.2. The van der Waals surface area contributed by atoms with Crippen LogP contribution in [-0.4, -0.2) is 36.4 Å². The van der Waals surface area contributed by atoms with E-state index in [1.54, 1.807) is 0 Å². The topological polar surface area (TPSA) is 72.8 Å². The van der Waals surface area contributed by atoms with Gasteiger partial charge in [0.05, 0.1) is 6.61 Å². The van der Waals surface area contributed by atoms with E-state index < -0.39 is 6.10 Å². The summed E-state index contributed by atoms with van der Waals surface area (Å²) in [5.41, 5.74) is 0. The highest BCUT2D eigenvalue weighted by Crippen LogP contribution is 2.15. The standard InChI is InChI=1S/C54H90O5/c1-3-5-7-9-11-13-15-17-19-21-22-23-24-25-26-27-28-29-30-31-32-33-35-37-39-41-43-45-47-49-54(57)59-52(50-55)51-58-53(56)48-46-44-42-40-38-36-34-20-18-16-14-12-10-8-6-4-2/h5,7,11,13,17,19,22-23,25-26,28-29,31-32,35,37,52,55H,3-4,6,8-10,12,14-16,18,20-21,24,27,30,33-34,36,38-51H2,1-2H3/b7-5-,13-11-,19-17-,23-22-,26-25-,29-28-,32-31-,37-35-. The maximum Gasteiger partial charge on any atom is 0.306 e.